The first-order valence-electron chi connectivity index (χ1n) is 5.85. The number of aryl methyl sites for hydroxylation is 1. The molecule has 0 amide bonds. The Morgan fingerprint density at radius 3 is 2.72 bits per heavy atom. The zero-order valence-corrected chi connectivity index (χ0v) is 10.7. The number of hydrogen-bond acceptors (Lipinski definition) is 3. The van der Waals surface area contributed by atoms with Gasteiger partial charge in [-0.2, -0.15) is 0 Å². The summed E-state index contributed by atoms with van der Waals surface area (Å²) in [6.07, 6.45) is 0. The van der Waals surface area contributed by atoms with Crippen LogP contribution in [-0.2, 0) is 4.74 Å². The van der Waals surface area contributed by atoms with E-state index in [2.05, 4.69) is 4.98 Å². The third kappa shape index (κ3) is 2.01. The van der Waals surface area contributed by atoms with Crippen molar-refractivity contribution in [2.75, 3.05) is 6.61 Å². The molecule has 0 spiro atoms. The summed E-state index contributed by atoms with van der Waals surface area (Å²) >= 11 is 0. The molecule has 1 N–H and O–H groups in total. The number of nitrogens with one attached hydrogen (secondary N) is 1. The van der Waals surface area contributed by atoms with Crippen LogP contribution in [0.1, 0.15) is 28.5 Å². The van der Waals surface area contributed by atoms with Crippen molar-refractivity contribution in [1.29, 1.82) is 0 Å². The molecule has 0 saturated carbocycles. The minimum atomic E-state index is -0.491. The highest BCUT2D eigenvalue weighted by molar-refractivity contribution is 5.92. The van der Waals surface area contributed by atoms with Crippen LogP contribution in [0.3, 0.4) is 0 Å². The summed E-state index contributed by atoms with van der Waals surface area (Å²) in [5.41, 5.74) is 2.16. The number of aromatic amines is 1. The first-order valence-corrected chi connectivity index (χ1v) is 5.85. The number of rotatable bonds is 2. The molecule has 0 aliphatic carbocycles. The zero-order valence-electron chi connectivity index (χ0n) is 10.7. The number of carbonyl (C=O) groups excluding carboxylic acids is 1. The number of aromatic nitrogens is 1. The van der Waals surface area contributed by atoms with E-state index in [0.29, 0.717) is 16.5 Å². The van der Waals surface area contributed by atoms with Crippen LogP contribution in [0.4, 0.5) is 0 Å². The van der Waals surface area contributed by atoms with E-state index >= 15 is 0 Å². The van der Waals surface area contributed by atoms with Gasteiger partial charge in [0, 0.05) is 16.5 Å². The smallest absolute Gasteiger partial charge is 0.355 e. The van der Waals surface area contributed by atoms with E-state index in [-0.39, 0.29) is 17.7 Å². The molecule has 1 aromatic heterocycles. The van der Waals surface area contributed by atoms with Crippen LogP contribution in [0.15, 0.2) is 23.0 Å². The normalized spacial score (nSPS) is 10.6. The number of fused-ring (bicyclic) bond motifs is 1. The molecule has 4 heteroatoms. The summed E-state index contributed by atoms with van der Waals surface area (Å²) in [7, 11) is 0. The summed E-state index contributed by atoms with van der Waals surface area (Å²) < 4.78 is 4.93. The maximum absolute atomic E-state index is 12.2. The van der Waals surface area contributed by atoms with Gasteiger partial charge >= 0.3 is 5.97 Å². The first-order chi connectivity index (χ1) is 8.54. The van der Waals surface area contributed by atoms with Crippen LogP contribution < -0.4 is 5.43 Å². The van der Waals surface area contributed by atoms with E-state index in [9.17, 15) is 9.59 Å². The lowest BCUT2D eigenvalue weighted by Crippen LogP contribution is -2.17. The SMILES string of the molecule is CCOC(=O)c1[nH]c2ccc(C)cc2c(=O)c1C. The largest absolute Gasteiger partial charge is 0.461 e. The van der Waals surface area contributed by atoms with Gasteiger partial charge in [-0.15, -0.1) is 0 Å². The molecule has 0 radical (unpaired) electrons. The van der Waals surface area contributed by atoms with Crippen molar-refractivity contribution in [3.63, 3.8) is 0 Å². The van der Waals surface area contributed by atoms with Gasteiger partial charge in [0.25, 0.3) is 0 Å². The molecule has 0 atom stereocenters. The standard InChI is InChI=1S/C14H15NO3/c1-4-18-14(17)12-9(3)13(16)10-7-8(2)5-6-11(10)15-12/h5-7H,4H2,1-3H3,(H,15,16). The number of benzene rings is 1. The van der Waals surface area contributed by atoms with Gasteiger partial charge in [0.1, 0.15) is 5.69 Å². The fourth-order valence-electron chi connectivity index (χ4n) is 1.91. The molecule has 2 aromatic rings. The average molecular weight is 245 g/mol. The highest BCUT2D eigenvalue weighted by Crippen LogP contribution is 2.13. The summed E-state index contributed by atoms with van der Waals surface area (Å²) in [4.78, 5) is 26.9. The predicted molar refractivity (Wildman–Crippen MR) is 70.0 cm³/mol. The average Bonchev–Trinajstić information content (AvgIpc) is 2.34. The van der Waals surface area contributed by atoms with Gasteiger partial charge in [0.2, 0.25) is 0 Å². The second kappa shape index (κ2) is 4.64. The molecule has 0 unspecified atom stereocenters. The molecule has 0 aliphatic rings. The lowest BCUT2D eigenvalue weighted by Gasteiger charge is -2.08. The third-order valence-electron chi connectivity index (χ3n) is 2.87. The van der Waals surface area contributed by atoms with Crippen molar-refractivity contribution in [2.45, 2.75) is 20.8 Å². The van der Waals surface area contributed by atoms with Gasteiger partial charge < -0.3 is 9.72 Å². The predicted octanol–water partition coefficient (Wildman–Crippen LogP) is 2.32. The van der Waals surface area contributed by atoms with Crippen LogP contribution in [0.2, 0.25) is 0 Å². The minimum Gasteiger partial charge on any atom is -0.461 e. The second-order valence-electron chi connectivity index (χ2n) is 4.22. The molecular weight excluding hydrogens is 230 g/mol. The lowest BCUT2D eigenvalue weighted by atomic mass is 10.1. The molecule has 2 rings (SSSR count). The highest BCUT2D eigenvalue weighted by atomic mass is 16.5. The van der Waals surface area contributed by atoms with Crippen LogP contribution in [0.25, 0.3) is 10.9 Å². The van der Waals surface area contributed by atoms with Gasteiger partial charge in [-0.05, 0) is 32.9 Å². The maximum atomic E-state index is 12.2. The molecule has 0 aliphatic heterocycles. The Hall–Kier alpha value is -2.10. The molecule has 1 heterocycles. The Bertz CT molecular complexity index is 671. The molecule has 18 heavy (non-hydrogen) atoms. The fraction of sp³-hybridized carbons (Fsp3) is 0.286. The monoisotopic (exact) mass is 245 g/mol. The minimum absolute atomic E-state index is 0.129. The molecule has 94 valence electrons. The number of hydrogen-bond donors (Lipinski definition) is 1. The Morgan fingerprint density at radius 2 is 2.06 bits per heavy atom. The Kier molecular flexibility index (Phi) is 3.19. The quantitative estimate of drug-likeness (QED) is 0.826. The maximum Gasteiger partial charge on any atom is 0.355 e. The Balaban J connectivity index is 2.72. The van der Waals surface area contributed by atoms with Crippen molar-refractivity contribution < 1.29 is 9.53 Å². The van der Waals surface area contributed by atoms with Gasteiger partial charge in [0.15, 0.2) is 5.43 Å². The van der Waals surface area contributed by atoms with Crippen molar-refractivity contribution in [3.8, 4) is 0 Å². The summed E-state index contributed by atoms with van der Waals surface area (Å²) in [6, 6.07) is 5.51. The third-order valence-corrected chi connectivity index (χ3v) is 2.87. The summed E-state index contributed by atoms with van der Waals surface area (Å²) in [6.45, 7) is 5.57. The molecule has 0 saturated heterocycles. The van der Waals surface area contributed by atoms with Crippen molar-refractivity contribution >= 4 is 16.9 Å². The van der Waals surface area contributed by atoms with E-state index in [0.717, 1.165) is 5.56 Å². The van der Waals surface area contributed by atoms with Crippen LogP contribution in [0.5, 0.6) is 0 Å². The number of pyridine rings is 1. The van der Waals surface area contributed by atoms with E-state index in [1.807, 2.05) is 19.1 Å². The van der Waals surface area contributed by atoms with Crippen molar-refractivity contribution in [1.82, 2.24) is 4.98 Å². The summed E-state index contributed by atoms with van der Waals surface area (Å²) in [5, 5.41) is 0.598. The summed E-state index contributed by atoms with van der Waals surface area (Å²) in [5.74, 6) is -0.491. The lowest BCUT2D eigenvalue weighted by molar-refractivity contribution is 0.0519. The molecule has 0 bridgehead atoms. The molecule has 1 aromatic carbocycles. The van der Waals surface area contributed by atoms with E-state index in [1.165, 1.54) is 0 Å². The Labute approximate surface area is 105 Å². The molecular formula is C14H15NO3. The number of carbonyl (C=O) groups is 1. The molecule has 0 fully saturated rings. The van der Waals surface area contributed by atoms with Crippen molar-refractivity contribution in [3.05, 3.63) is 45.2 Å². The topological polar surface area (TPSA) is 59.2 Å². The fourth-order valence-corrected chi connectivity index (χ4v) is 1.91. The van der Waals surface area contributed by atoms with Gasteiger partial charge in [-0.25, -0.2) is 4.79 Å². The second-order valence-corrected chi connectivity index (χ2v) is 4.22. The van der Waals surface area contributed by atoms with E-state index in [1.54, 1.807) is 19.9 Å². The zero-order chi connectivity index (χ0) is 13.3. The van der Waals surface area contributed by atoms with Crippen LogP contribution >= 0.6 is 0 Å². The van der Waals surface area contributed by atoms with Gasteiger partial charge in [-0.1, -0.05) is 11.6 Å². The number of esters is 1. The first kappa shape index (κ1) is 12.4. The van der Waals surface area contributed by atoms with Crippen molar-refractivity contribution in [2.24, 2.45) is 0 Å². The Morgan fingerprint density at radius 1 is 1.33 bits per heavy atom. The highest BCUT2D eigenvalue weighted by Gasteiger charge is 2.15. The number of ether oxygens (including phenoxy) is 1. The molecule has 4 nitrogen and oxygen atoms in total. The van der Waals surface area contributed by atoms with Crippen LogP contribution in [0, 0.1) is 13.8 Å². The van der Waals surface area contributed by atoms with Gasteiger partial charge in [0.05, 0.1) is 6.61 Å². The van der Waals surface area contributed by atoms with Gasteiger partial charge in [-0.3, -0.25) is 4.79 Å². The number of H-pyrrole nitrogens is 1. The van der Waals surface area contributed by atoms with Crippen LogP contribution in [-0.4, -0.2) is 17.6 Å². The van der Waals surface area contributed by atoms with E-state index in [4.69, 9.17) is 4.74 Å². The van der Waals surface area contributed by atoms with E-state index < -0.39 is 5.97 Å².